The molecule has 0 aromatic heterocycles. The second-order valence-electron chi connectivity index (χ2n) is 4.91. The maximum Gasteiger partial charge on any atom is 0.128 e. The minimum Gasteiger partial charge on any atom is -0.497 e. The van der Waals surface area contributed by atoms with Gasteiger partial charge < -0.3 is 15.2 Å². The van der Waals surface area contributed by atoms with Crippen molar-refractivity contribution >= 4 is 0 Å². The van der Waals surface area contributed by atoms with Crippen LogP contribution in [-0.2, 0) is 0 Å². The van der Waals surface area contributed by atoms with Crippen molar-refractivity contribution in [1.29, 1.82) is 0 Å². The van der Waals surface area contributed by atoms with Gasteiger partial charge in [0, 0.05) is 24.1 Å². The average Bonchev–Trinajstić information content (AvgIpc) is 2.46. The number of nitrogens with two attached hydrogens (primary N) is 1. The lowest BCUT2D eigenvalue weighted by molar-refractivity contribution is 0.160. The number of halogens is 1. The van der Waals surface area contributed by atoms with Crippen LogP contribution in [0, 0.1) is 5.82 Å². The molecule has 0 aliphatic carbocycles. The number of rotatable bonds is 2. The summed E-state index contributed by atoms with van der Waals surface area (Å²) < 4.78 is 24.5. The Labute approximate surface area is 117 Å². The fourth-order valence-electron chi connectivity index (χ4n) is 2.52. The van der Waals surface area contributed by atoms with Crippen LogP contribution in [0.3, 0.4) is 0 Å². The fraction of sp³-hybridized carbons (Fsp3) is 0.250. The maximum absolute atomic E-state index is 13.3. The Balaban J connectivity index is 1.95. The van der Waals surface area contributed by atoms with E-state index >= 15 is 0 Å². The number of methoxy groups -OCH3 is 1. The highest BCUT2D eigenvalue weighted by Gasteiger charge is 2.27. The SMILES string of the molecule is COc1ccc2c(c1)OC(c1cccc(F)c1)C[C@H]2N. The van der Waals surface area contributed by atoms with Crippen LogP contribution in [0.1, 0.15) is 29.7 Å². The van der Waals surface area contributed by atoms with Gasteiger partial charge in [-0.05, 0) is 23.8 Å². The van der Waals surface area contributed by atoms with Crippen molar-refractivity contribution in [3.05, 3.63) is 59.4 Å². The molecule has 1 aliphatic heterocycles. The summed E-state index contributed by atoms with van der Waals surface area (Å²) in [5.41, 5.74) is 7.95. The summed E-state index contributed by atoms with van der Waals surface area (Å²) in [6.07, 6.45) is 0.392. The molecule has 2 aromatic carbocycles. The molecule has 0 saturated carbocycles. The van der Waals surface area contributed by atoms with E-state index in [4.69, 9.17) is 15.2 Å². The number of ether oxygens (including phenoxy) is 2. The van der Waals surface area contributed by atoms with E-state index < -0.39 is 0 Å². The van der Waals surface area contributed by atoms with Crippen LogP contribution in [0.25, 0.3) is 0 Å². The third-order valence-electron chi connectivity index (χ3n) is 3.58. The summed E-state index contributed by atoms with van der Waals surface area (Å²) in [6, 6.07) is 11.9. The van der Waals surface area contributed by atoms with Crippen molar-refractivity contribution in [3.8, 4) is 11.5 Å². The number of fused-ring (bicyclic) bond motifs is 1. The minimum atomic E-state index is -0.267. The van der Waals surface area contributed by atoms with Gasteiger partial charge in [0.05, 0.1) is 7.11 Å². The molecule has 0 fully saturated rings. The highest BCUT2D eigenvalue weighted by atomic mass is 19.1. The molecule has 4 heteroatoms. The molecule has 0 radical (unpaired) electrons. The van der Waals surface area contributed by atoms with Crippen molar-refractivity contribution in [2.45, 2.75) is 18.6 Å². The zero-order valence-electron chi connectivity index (χ0n) is 11.2. The van der Waals surface area contributed by atoms with E-state index in [1.165, 1.54) is 12.1 Å². The molecule has 1 unspecified atom stereocenters. The van der Waals surface area contributed by atoms with Gasteiger partial charge in [0.15, 0.2) is 0 Å². The first-order chi connectivity index (χ1) is 9.67. The Kier molecular flexibility index (Phi) is 3.32. The van der Waals surface area contributed by atoms with Crippen molar-refractivity contribution in [1.82, 2.24) is 0 Å². The zero-order chi connectivity index (χ0) is 14.1. The van der Waals surface area contributed by atoms with Gasteiger partial charge >= 0.3 is 0 Å². The third-order valence-corrected chi connectivity index (χ3v) is 3.58. The molecule has 104 valence electrons. The fourth-order valence-corrected chi connectivity index (χ4v) is 2.52. The molecule has 1 heterocycles. The van der Waals surface area contributed by atoms with E-state index in [0.29, 0.717) is 12.2 Å². The Morgan fingerprint density at radius 1 is 1.25 bits per heavy atom. The molecule has 2 N–H and O–H groups in total. The van der Waals surface area contributed by atoms with Gasteiger partial charge in [-0.3, -0.25) is 0 Å². The first kappa shape index (κ1) is 12.9. The summed E-state index contributed by atoms with van der Waals surface area (Å²) in [5, 5.41) is 0. The van der Waals surface area contributed by atoms with Gasteiger partial charge in [0.25, 0.3) is 0 Å². The van der Waals surface area contributed by atoms with Crippen molar-refractivity contribution < 1.29 is 13.9 Å². The Hall–Kier alpha value is -2.07. The molecular weight excluding hydrogens is 257 g/mol. The topological polar surface area (TPSA) is 44.5 Å². The molecule has 20 heavy (non-hydrogen) atoms. The lowest BCUT2D eigenvalue weighted by Crippen LogP contribution is -2.24. The van der Waals surface area contributed by atoms with Crippen LogP contribution in [0.15, 0.2) is 42.5 Å². The van der Waals surface area contributed by atoms with E-state index in [1.54, 1.807) is 13.2 Å². The summed E-state index contributed by atoms with van der Waals surface area (Å²) in [6.45, 7) is 0. The molecule has 2 aromatic rings. The molecule has 2 atom stereocenters. The Bertz CT molecular complexity index is 630. The van der Waals surface area contributed by atoms with Crippen LogP contribution < -0.4 is 15.2 Å². The van der Waals surface area contributed by atoms with Gasteiger partial charge in [0.1, 0.15) is 23.4 Å². The second-order valence-corrected chi connectivity index (χ2v) is 4.91. The van der Waals surface area contributed by atoms with Crippen LogP contribution in [0.4, 0.5) is 4.39 Å². The Morgan fingerprint density at radius 3 is 2.85 bits per heavy atom. The average molecular weight is 273 g/mol. The van der Waals surface area contributed by atoms with Gasteiger partial charge in [-0.1, -0.05) is 18.2 Å². The molecule has 0 amide bonds. The van der Waals surface area contributed by atoms with Gasteiger partial charge in [-0.2, -0.15) is 0 Å². The van der Waals surface area contributed by atoms with Crippen molar-refractivity contribution in [3.63, 3.8) is 0 Å². The normalized spacial score (nSPS) is 20.9. The van der Waals surface area contributed by atoms with E-state index in [2.05, 4.69) is 0 Å². The van der Waals surface area contributed by atoms with Gasteiger partial charge in [-0.15, -0.1) is 0 Å². The highest BCUT2D eigenvalue weighted by molar-refractivity contribution is 5.44. The number of benzene rings is 2. The maximum atomic E-state index is 13.3. The predicted molar refractivity (Wildman–Crippen MR) is 74.3 cm³/mol. The van der Waals surface area contributed by atoms with Gasteiger partial charge in [0.2, 0.25) is 0 Å². The highest BCUT2D eigenvalue weighted by Crippen LogP contribution is 2.41. The van der Waals surface area contributed by atoms with E-state index in [1.807, 2.05) is 24.3 Å². The molecule has 0 spiro atoms. The molecule has 1 aliphatic rings. The first-order valence-electron chi connectivity index (χ1n) is 6.53. The summed E-state index contributed by atoms with van der Waals surface area (Å²) in [7, 11) is 1.61. The van der Waals surface area contributed by atoms with Crippen LogP contribution in [-0.4, -0.2) is 7.11 Å². The molecule has 3 rings (SSSR count). The van der Waals surface area contributed by atoms with E-state index in [-0.39, 0.29) is 18.0 Å². The van der Waals surface area contributed by atoms with Crippen LogP contribution in [0.2, 0.25) is 0 Å². The van der Waals surface area contributed by atoms with Crippen molar-refractivity contribution in [2.75, 3.05) is 7.11 Å². The lowest BCUT2D eigenvalue weighted by Gasteiger charge is -2.30. The third kappa shape index (κ3) is 2.34. The quantitative estimate of drug-likeness (QED) is 0.912. The van der Waals surface area contributed by atoms with E-state index in [9.17, 15) is 4.39 Å². The van der Waals surface area contributed by atoms with Gasteiger partial charge in [-0.25, -0.2) is 4.39 Å². The molecule has 0 bridgehead atoms. The summed E-state index contributed by atoms with van der Waals surface area (Å²) in [4.78, 5) is 0. The number of hydrogen-bond acceptors (Lipinski definition) is 3. The lowest BCUT2D eigenvalue weighted by atomic mass is 9.93. The monoisotopic (exact) mass is 273 g/mol. The van der Waals surface area contributed by atoms with E-state index in [0.717, 1.165) is 16.9 Å². The Morgan fingerprint density at radius 2 is 2.10 bits per heavy atom. The number of hydrogen-bond donors (Lipinski definition) is 1. The summed E-state index contributed by atoms with van der Waals surface area (Å²) in [5.74, 6) is 1.16. The molecular formula is C16H16FNO2. The van der Waals surface area contributed by atoms with Crippen LogP contribution in [0.5, 0.6) is 11.5 Å². The standard InChI is InChI=1S/C16H16FNO2/c1-19-12-5-6-13-14(18)9-15(20-16(13)8-12)10-3-2-4-11(17)7-10/h2-8,14-15H,9,18H2,1H3/t14-,15?/m1/s1. The van der Waals surface area contributed by atoms with Crippen LogP contribution >= 0.6 is 0 Å². The first-order valence-corrected chi connectivity index (χ1v) is 6.53. The smallest absolute Gasteiger partial charge is 0.128 e. The summed E-state index contributed by atoms with van der Waals surface area (Å²) >= 11 is 0. The zero-order valence-corrected chi connectivity index (χ0v) is 11.2. The van der Waals surface area contributed by atoms with Crippen molar-refractivity contribution in [2.24, 2.45) is 5.73 Å². The molecule has 0 saturated heterocycles. The second kappa shape index (κ2) is 5.13. The predicted octanol–water partition coefficient (Wildman–Crippen LogP) is 3.36. The molecule has 3 nitrogen and oxygen atoms in total. The largest absolute Gasteiger partial charge is 0.497 e. The minimum absolute atomic E-state index is 0.127.